The number of primary amides is 1. The van der Waals surface area contributed by atoms with Crippen LogP contribution in [0.4, 0.5) is 5.82 Å². The van der Waals surface area contributed by atoms with Crippen molar-refractivity contribution in [3.8, 4) is 17.1 Å². The van der Waals surface area contributed by atoms with E-state index in [0.717, 1.165) is 10.8 Å². The van der Waals surface area contributed by atoms with Crippen LogP contribution in [-0.4, -0.2) is 37.3 Å². The Hall–Kier alpha value is -4.47. The number of oxazole rings is 1. The number of hydrogen-bond donors (Lipinski definition) is 2. The minimum Gasteiger partial charge on any atom is -0.436 e. The molecule has 5 aromatic rings. The highest BCUT2D eigenvalue weighted by molar-refractivity contribution is 6.01. The van der Waals surface area contributed by atoms with E-state index in [9.17, 15) is 9.59 Å². The predicted octanol–water partition coefficient (Wildman–Crippen LogP) is 2.49. The number of aromatic nitrogens is 5. The molecule has 10 heteroatoms. The number of fused-ring (bicyclic) bond motifs is 2. The van der Waals surface area contributed by atoms with Crippen molar-refractivity contribution in [3.63, 3.8) is 0 Å². The number of aryl methyl sites for hydroxylation is 1. The third-order valence-electron chi connectivity index (χ3n) is 6.52. The number of rotatable bonds is 5. The predicted molar refractivity (Wildman–Crippen MR) is 127 cm³/mol. The van der Waals surface area contributed by atoms with Crippen LogP contribution in [0.5, 0.6) is 0 Å². The highest BCUT2D eigenvalue weighted by Gasteiger charge is 2.51. The summed E-state index contributed by atoms with van der Waals surface area (Å²) in [5.74, 6) is 0.671. The molecule has 1 saturated carbocycles. The van der Waals surface area contributed by atoms with Gasteiger partial charge in [-0.05, 0) is 37.1 Å². The van der Waals surface area contributed by atoms with E-state index in [1.54, 1.807) is 54.2 Å². The Balaban J connectivity index is 1.53. The SMILES string of the molecule is CNc1ncc(-c2nc3cc(-n4c(=O)ccn4C)ccc3o2)c2cc(C3(C(N)=O)CC3)ncc12. The van der Waals surface area contributed by atoms with Crippen LogP contribution in [0.2, 0.25) is 0 Å². The van der Waals surface area contributed by atoms with E-state index in [0.29, 0.717) is 52.6 Å². The lowest BCUT2D eigenvalue weighted by molar-refractivity contribution is -0.120. The molecular weight excluding hydrogens is 434 g/mol. The second kappa shape index (κ2) is 7.01. The van der Waals surface area contributed by atoms with Gasteiger partial charge in [0, 0.05) is 49.5 Å². The lowest BCUT2D eigenvalue weighted by Crippen LogP contribution is -2.29. The van der Waals surface area contributed by atoms with Gasteiger partial charge in [-0.25, -0.2) is 14.6 Å². The molecule has 0 radical (unpaired) electrons. The fraction of sp³-hybridized carbons (Fsp3) is 0.208. The van der Waals surface area contributed by atoms with Crippen LogP contribution >= 0.6 is 0 Å². The quantitative estimate of drug-likeness (QED) is 0.416. The van der Waals surface area contributed by atoms with E-state index in [-0.39, 0.29) is 11.5 Å². The van der Waals surface area contributed by atoms with Crippen molar-refractivity contribution < 1.29 is 9.21 Å². The maximum absolute atomic E-state index is 12.2. The van der Waals surface area contributed by atoms with Gasteiger partial charge in [0.1, 0.15) is 11.3 Å². The lowest BCUT2D eigenvalue weighted by atomic mass is 9.98. The molecule has 4 heterocycles. The van der Waals surface area contributed by atoms with Crippen LogP contribution < -0.4 is 16.6 Å². The van der Waals surface area contributed by atoms with E-state index in [4.69, 9.17) is 15.1 Å². The zero-order valence-corrected chi connectivity index (χ0v) is 18.6. The number of carbonyl (C=O) groups excluding carboxylic acids is 1. The van der Waals surface area contributed by atoms with Crippen LogP contribution in [0, 0.1) is 0 Å². The second-order valence-corrected chi connectivity index (χ2v) is 8.54. The molecule has 6 rings (SSSR count). The number of benzene rings is 1. The van der Waals surface area contributed by atoms with Gasteiger partial charge in [0.05, 0.1) is 22.4 Å². The smallest absolute Gasteiger partial charge is 0.271 e. The van der Waals surface area contributed by atoms with Gasteiger partial charge in [-0.2, -0.15) is 0 Å². The average Bonchev–Trinajstić information content (AvgIpc) is 3.45. The summed E-state index contributed by atoms with van der Waals surface area (Å²) in [6.07, 6.45) is 6.47. The zero-order valence-electron chi connectivity index (χ0n) is 18.6. The molecule has 1 amide bonds. The molecule has 1 aliphatic rings. The minimum atomic E-state index is -0.715. The Morgan fingerprint density at radius 2 is 1.97 bits per heavy atom. The summed E-state index contributed by atoms with van der Waals surface area (Å²) in [5, 5.41) is 4.66. The molecule has 0 aliphatic heterocycles. The number of nitrogens with one attached hydrogen (secondary N) is 1. The number of hydrogen-bond acceptors (Lipinski definition) is 7. The summed E-state index contributed by atoms with van der Waals surface area (Å²) in [4.78, 5) is 38.1. The number of carbonyl (C=O) groups is 1. The van der Waals surface area contributed by atoms with Crippen molar-refractivity contribution >= 4 is 33.6 Å². The summed E-state index contributed by atoms with van der Waals surface area (Å²) in [7, 11) is 3.58. The third-order valence-corrected chi connectivity index (χ3v) is 6.52. The summed E-state index contributed by atoms with van der Waals surface area (Å²) < 4.78 is 9.33. The molecule has 1 aliphatic carbocycles. The van der Waals surface area contributed by atoms with E-state index in [1.807, 2.05) is 12.1 Å². The maximum Gasteiger partial charge on any atom is 0.271 e. The maximum atomic E-state index is 12.2. The largest absolute Gasteiger partial charge is 0.436 e. The molecule has 10 nitrogen and oxygen atoms in total. The first-order chi connectivity index (χ1) is 16.4. The summed E-state index contributed by atoms with van der Waals surface area (Å²) >= 11 is 0. The highest BCUT2D eigenvalue weighted by Crippen LogP contribution is 2.48. The highest BCUT2D eigenvalue weighted by atomic mass is 16.3. The number of amides is 1. The molecule has 34 heavy (non-hydrogen) atoms. The fourth-order valence-corrected chi connectivity index (χ4v) is 4.46. The second-order valence-electron chi connectivity index (χ2n) is 8.54. The molecule has 0 atom stereocenters. The van der Waals surface area contributed by atoms with Crippen molar-refractivity contribution in [2.75, 3.05) is 12.4 Å². The molecular formula is C24H21N7O3. The van der Waals surface area contributed by atoms with Crippen molar-refractivity contribution in [1.82, 2.24) is 24.3 Å². The number of anilines is 1. The Labute approximate surface area is 193 Å². The molecule has 0 unspecified atom stereocenters. The van der Waals surface area contributed by atoms with Crippen molar-refractivity contribution in [2.24, 2.45) is 12.8 Å². The number of pyridine rings is 2. The first kappa shape index (κ1) is 20.2. The first-order valence-electron chi connectivity index (χ1n) is 10.8. The Morgan fingerprint density at radius 3 is 2.65 bits per heavy atom. The third kappa shape index (κ3) is 2.84. The standard InChI is InChI=1S/C24H21N7O3/c1-26-21-15-11-27-19(24(6-7-24)23(25)33)10-14(15)16(12-28-21)22-29-17-9-13(3-4-18(17)34-22)31-20(32)5-8-30(31)2/h3-5,8-12H,6-7H2,1-2H3,(H2,25,33)(H,26,28). The molecule has 0 saturated heterocycles. The molecule has 1 fully saturated rings. The van der Waals surface area contributed by atoms with Gasteiger partial charge in [-0.15, -0.1) is 0 Å². The average molecular weight is 455 g/mol. The Morgan fingerprint density at radius 1 is 1.15 bits per heavy atom. The fourth-order valence-electron chi connectivity index (χ4n) is 4.46. The van der Waals surface area contributed by atoms with Gasteiger partial charge in [0.15, 0.2) is 5.58 Å². The summed E-state index contributed by atoms with van der Waals surface area (Å²) in [6, 6.07) is 8.79. The molecule has 1 aromatic carbocycles. The van der Waals surface area contributed by atoms with Crippen LogP contribution in [0.1, 0.15) is 18.5 Å². The van der Waals surface area contributed by atoms with Gasteiger partial charge < -0.3 is 15.5 Å². The normalized spacial score (nSPS) is 14.5. The monoisotopic (exact) mass is 455 g/mol. The molecule has 4 aromatic heterocycles. The number of nitrogens with two attached hydrogens (primary N) is 1. The summed E-state index contributed by atoms with van der Waals surface area (Å²) in [6.45, 7) is 0. The van der Waals surface area contributed by atoms with Crippen LogP contribution in [0.25, 0.3) is 39.0 Å². The van der Waals surface area contributed by atoms with Gasteiger partial charge in [-0.3, -0.25) is 19.3 Å². The van der Waals surface area contributed by atoms with Gasteiger partial charge in [-0.1, -0.05) is 0 Å². The molecule has 3 N–H and O–H groups in total. The van der Waals surface area contributed by atoms with E-state index >= 15 is 0 Å². The van der Waals surface area contributed by atoms with Crippen LogP contribution in [0.15, 0.2) is 58.1 Å². The van der Waals surface area contributed by atoms with Gasteiger partial charge in [0.25, 0.3) is 5.56 Å². The topological polar surface area (TPSA) is 134 Å². The Bertz CT molecular complexity index is 1670. The number of nitrogens with zero attached hydrogens (tertiary/aromatic N) is 5. The van der Waals surface area contributed by atoms with E-state index < -0.39 is 5.41 Å². The molecule has 0 spiro atoms. The lowest BCUT2D eigenvalue weighted by Gasteiger charge is -2.13. The molecule has 0 bridgehead atoms. The van der Waals surface area contributed by atoms with Crippen molar-refractivity contribution in [2.45, 2.75) is 18.3 Å². The minimum absolute atomic E-state index is 0.132. The van der Waals surface area contributed by atoms with Gasteiger partial charge in [0.2, 0.25) is 11.8 Å². The van der Waals surface area contributed by atoms with E-state index in [1.165, 1.54) is 6.07 Å². The Kier molecular flexibility index (Phi) is 4.16. The van der Waals surface area contributed by atoms with Crippen molar-refractivity contribution in [1.29, 1.82) is 0 Å². The van der Waals surface area contributed by atoms with Gasteiger partial charge >= 0.3 is 0 Å². The zero-order chi connectivity index (χ0) is 23.6. The van der Waals surface area contributed by atoms with Crippen molar-refractivity contribution in [3.05, 3.63) is 65.0 Å². The van der Waals surface area contributed by atoms with E-state index in [2.05, 4.69) is 15.3 Å². The molecule has 170 valence electrons. The van der Waals surface area contributed by atoms with Crippen LogP contribution in [0.3, 0.4) is 0 Å². The first-order valence-corrected chi connectivity index (χ1v) is 10.8. The summed E-state index contributed by atoms with van der Waals surface area (Å²) in [5.41, 5.74) is 8.02. The van der Waals surface area contributed by atoms with Crippen LogP contribution in [-0.2, 0) is 17.3 Å².